The number of hydrogen-bond acceptors (Lipinski definition) is 7. The van der Waals surface area contributed by atoms with Crippen molar-refractivity contribution in [2.45, 2.75) is 24.6 Å². The van der Waals surface area contributed by atoms with E-state index in [0.29, 0.717) is 25.3 Å². The van der Waals surface area contributed by atoms with E-state index in [1.165, 1.54) is 11.8 Å². The van der Waals surface area contributed by atoms with Crippen LogP contribution in [0.1, 0.15) is 28.9 Å². The van der Waals surface area contributed by atoms with E-state index in [1.54, 1.807) is 6.08 Å². The smallest absolute Gasteiger partial charge is 0.327 e. The van der Waals surface area contributed by atoms with Crippen LogP contribution in [-0.4, -0.2) is 62.5 Å². The average Bonchev–Trinajstić information content (AvgIpc) is 3.38. The van der Waals surface area contributed by atoms with Crippen LogP contribution < -0.4 is 0 Å². The lowest BCUT2D eigenvalue weighted by atomic mass is 9.74. The number of aliphatic hydroxyl groups is 1. The Balaban J connectivity index is 1.64. The van der Waals surface area contributed by atoms with Crippen molar-refractivity contribution in [3.05, 3.63) is 119 Å². The van der Waals surface area contributed by atoms with Crippen LogP contribution in [0.15, 0.2) is 96.6 Å². The highest BCUT2D eigenvalue weighted by Crippen LogP contribution is 2.44. The Morgan fingerprint density at radius 1 is 0.973 bits per heavy atom. The minimum atomic E-state index is -0.653. The van der Waals surface area contributed by atoms with Gasteiger partial charge in [-0.05, 0) is 45.2 Å². The molecule has 0 spiro atoms. The molecule has 1 fully saturated rings. The molecule has 1 unspecified atom stereocenters. The monoisotopic (exact) mass is 495 g/mol. The van der Waals surface area contributed by atoms with E-state index < -0.39 is 17.6 Å². The summed E-state index contributed by atoms with van der Waals surface area (Å²) in [5.41, 5.74) is 3.59. The number of hydrogen-bond donors (Lipinski definition) is 1. The van der Waals surface area contributed by atoms with Crippen molar-refractivity contribution in [3.8, 4) is 0 Å². The standard InChI is InChI=1S/C29H29N5O3/c1-37-28(36)21-34-27(30-31-32-34)19-22-20-33(18-17-26(22)35)29(23-11-5-2-6-12-23,24-13-7-3-8-14-24)25-15-9-4-10-16-25/h2-16,19,26,35H,17-18,20-21H2,1H3. The summed E-state index contributed by atoms with van der Waals surface area (Å²) in [4.78, 5) is 14.2. The van der Waals surface area contributed by atoms with Crippen molar-refractivity contribution in [1.29, 1.82) is 0 Å². The number of aromatic nitrogens is 4. The number of benzene rings is 3. The van der Waals surface area contributed by atoms with Crippen molar-refractivity contribution >= 4 is 12.0 Å². The summed E-state index contributed by atoms with van der Waals surface area (Å²) in [6.07, 6.45) is 1.67. The first-order valence-electron chi connectivity index (χ1n) is 12.3. The van der Waals surface area contributed by atoms with E-state index in [2.05, 4.69) is 93.2 Å². The van der Waals surface area contributed by atoms with E-state index in [1.807, 2.05) is 18.2 Å². The average molecular weight is 496 g/mol. The number of esters is 1. The largest absolute Gasteiger partial charge is 0.468 e. The summed E-state index contributed by atoms with van der Waals surface area (Å²) >= 11 is 0. The molecule has 0 radical (unpaired) electrons. The number of carbonyl (C=O) groups excluding carboxylic acids is 1. The molecule has 1 aliphatic heterocycles. The molecule has 2 heterocycles. The maximum absolute atomic E-state index is 11.8. The fourth-order valence-electron chi connectivity index (χ4n) is 5.16. The Labute approximate surface area is 215 Å². The fraction of sp³-hybridized carbons (Fsp3) is 0.241. The van der Waals surface area contributed by atoms with Gasteiger partial charge in [0.05, 0.1) is 18.8 Å². The van der Waals surface area contributed by atoms with Crippen molar-refractivity contribution in [1.82, 2.24) is 25.1 Å². The van der Waals surface area contributed by atoms with E-state index in [9.17, 15) is 9.90 Å². The van der Waals surface area contributed by atoms with Crippen molar-refractivity contribution in [2.24, 2.45) is 0 Å². The van der Waals surface area contributed by atoms with Crippen molar-refractivity contribution in [2.75, 3.05) is 20.2 Å². The van der Waals surface area contributed by atoms with Crippen LogP contribution in [0.3, 0.4) is 0 Å². The van der Waals surface area contributed by atoms with Crippen LogP contribution in [0.4, 0.5) is 0 Å². The molecule has 1 aromatic heterocycles. The van der Waals surface area contributed by atoms with Crippen LogP contribution >= 0.6 is 0 Å². The molecule has 8 nitrogen and oxygen atoms in total. The molecular formula is C29H29N5O3. The van der Waals surface area contributed by atoms with E-state index in [-0.39, 0.29) is 6.54 Å². The topological polar surface area (TPSA) is 93.4 Å². The fourth-order valence-corrected chi connectivity index (χ4v) is 5.16. The van der Waals surface area contributed by atoms with Crippen LogP contribution in [0.2, 0.25) is 0 Å². The number of tetrazole rings is 1. The Bertz CT molecular complexity index is 1260. The van der Waals surface area contributed by atoms with Gasteiger partial charge < -0.3 is 9.84 Å². The number of nitrogens with zero attached hydrogens (tertiary/aromatic N) is 5. The second-order valence-corrected chi connectivity index (χ2v) is 9.02. The van der Waals surface area contributed by atoms with Gasteiger partial charge in [-0.2, -0.15) is 0 Å². The van der Waals surface area contributed by atoms with Gasteiger partial charge in [-0.1, -0.05) is 91.0 Å². The Kier molecular flexibility index (Phi) is 7.20. The van der Waals surface area contributed by atoms with E-state index in [0.717, 1.165) is 22.3 Å². The van der Waals surface area contributed by atoms with Gasteiger partial charge in [-0.3, -0.25) is 9.69 Å². The molecular weight excluding hydrogens is 466 g/mol. The molecule has 1 saturated heterocycles. The summed E-state index contributed by atoms with van der Waals surface area (Å²) < 4.78 is 6.14. The molecule has 5 rings (SSSR count). The third-order valence-electron chi connectivity index (χ3n) is 6.90. The van der Waals surface area contributed by atoms with Crippen LogP contribution in [0.25, 0.3) is 6.08 Å². The number of likely N-dealkylation sites (tertiary alicyclic amines) is 1. The highest BCUT2D eigenvalue weighted by molar-refractivity contribution is 5.69. The van der Waals surface area contributed by atoms with Gasteiger partial charge in [0, 0.05) is 13.1 Å². The molecule has 0 saturated carbocycles. The molecule has 37 heavy (non-hydrogen) atoms. The molecule has 1 atom stereocenters. The predicted molar refractivity (Wildman–Crippen MR) is 139 cm³/mol. The lowest BCUT2D eigenvalue weighted by Crippen LogP contribution is -2.52. The molecule has 1 aliphatic rings. The molecule has 3 aromatic carbocycles. The van der Waals surface area contributed by atoms with E-state index >= 15 is 0 Å². The second kappa shape index (κ2) is 10.9. The maximum Gasteiger partial charge on any atom is 0.327 e. The second-order valence-electron chi connectivity index (χ2n) is 9.02. The van der Waals surface area contributed by atoms with Gasteiger partial charge in [-0.25, -0.2) is 4.68 Å². The Morgan fingerprint density at radius 2 is 1.51 bits per heavy atom. The normalized spacial score (nSPS) is 17.6. The first-order valence-corrected chi connectivity index (χ1v) is 12.3. The van der Waals surface area contributed by atoms with Gasteiger partial charge in [0.15, 0.2) is 5.82 Å². The predicted octanol–water partition coefficient (Wildman–Crippen LogP) is 3.29. The summed E-state index contributed by atoms with van der Waals surface area (Å²) in [5, 5.41) is 22.7. The zero-order valence-corrected chi connectivity index (χ0v) is 20.6. The molecule has 8 heteroatoms. The summed E-state index contributed by atoms with van der Waals surface area (Å²) in [7, 11) is 1.32. The lowest BCUT2D eigenvalue weighted by Gasteiger charge is -2.48. The maximum atomic E-state index is 11.8. The summed E-state index contributed by atoms with van der Waals surface area (Å²) in [6.45, 7) is 1.04. The first-order chi connectivity index (χ1) is 18.1. The molecule has 0 bridgehead atoms. The molecule has 188 valence electrons. The van der Waals surface area contributed by atoms with Crippen molar-refractivity contribution < 1.29 is 14.6 Å². The van der Waals surface area contributed by atoms with Gasteiger partial charge in [0.25, 0.3) is 0 Å². The number of piperidine rings is 1. The van der Waals surface area contributed by atoms with Crippen molar-refractivity contribution in [3.63, 3.8) is 0 Å². The summed E-state index contributed by atoms with van der Waals surface area (Å²) in [5.74, 6) is -0.0555. The third-order valence-corrected chi connectivity index (χ3v) is 6.90. The number of rotatable bonds is 7. The van der Waals surface area contributed by atoms with Gasteiger partial charge in [0.1, 0.15) is 6.54 Å². The lowest BCUT2D eigenvalue weighted by molar-refractivity contribution is -0.141. The zero-order valence-electron chi connectivity index (χ0n) is 20.6. The zero-order chi connectivity index (χ0) is 25.7. The molecule has 0 aliphatic carbocycles. The number of aliphatic hydroxyl groups excluding tert-OH is 1. The minimum Gasteiger partial charge on any atom is -0.468 e. The highest BCUT2D eigenvalue weighted by Gasteiger charge is 2.44. The van der Waals surface area contributed by atoms with Crippen LogP contribution in [0, 0.1) is 0 Å². The number of ether oxygens (including phenoxy) is 1. The summed E-state index contributed by atoms with van der Waals surface area (Å²) in [6, 6.07) is 31.4. The highest BCUT2D eigenvalue weighted by atomic mass is 16.5. The molecule has 1 N–H and O–H groups in total. The molecule has 4 aromatic rings. The van der Waals surface area contributed by atoms with E-state index in [4.69, 9.17) is 4.74 Å². The Hall–Kier alpha value is -4.14. The minimum absolute atomic E-state index is 0.107. The Morgan fingerprint density at radius 3 is 2.03 bits per heavy atom. The third kappa shape index (κ3) is 4.81. The first kappa shape index (κ1) is 24.5. The van der Waals surface area contributed by atoms with Crippen LogP contribution in [-0.2, 0) is 21.6 Å². The van der Waals surface area contributed by atoms with Gasteiger partial charge in [-0.15, -0.1) is 5.10 Å². The van der Waals surface area contributed by atoms with Crippen LogP contribution in [0.5, 0.6) is 0 Å². The SMILES string of the molecule is COC(=O)Cn1nnnc1C=C1CN(C(c2ccccc2)(c2ccccc2)c2ccccc2)CCC1O. The quantitative estimate of drug-likeness (QED) is 0.311. The molecule has 0 amide bonds. The number of carbonyl (C=O) groups is 1. The van der Waals surface area contributed by atoms with Gasteiger partial charge >= 0.3 is 5.97 Å². The van der Waals surface area contributed by atoms with Gasteiger partial charge in [0.2, 0.25) is 0 Å². The number of methoxy groups -OCH3 is 1.